The van der Waals surface area contributed by atoms with Crippen LogP contribution in [0.25, 0.3) is 6.08 Å². The van der Waals surface area contributed by atoms with Crippen LogP contribution < -0.4 is 0 Å². The van der Waals surface area contributed by atoms with Gasteiger partial charge in [-0.15, -0.1) is 12.4 Å². The summed E-state index contributed by atoms with van der Waals surface area (Å²) in [6.45, 7) is 4.56. The lowest BCUT2D eigenvalue weighted by atomic mass is 10.2. The molecule has 0 atom stereocenters. The molecule has 0 amide bonds. The van der Waals surface area contributed by atoms with E-state index in [1.165, 1.54) is 6.08 Å². The van der Waals surface area contributed by atoms with Crippen molar-refractivity contribution >= 4 is 24.5 Å². The predicted molar refractivity (Wildman–Crippen MR) is 80.9 cm³/mol. The molecule has 1 aromatic carbocycles. The minimum absolute atomic E-state index is 0. The average molecular weight is 298 g/mol. The third-order valence-corrected chi connectivity index (χ3v) is 2.97. The van der Waals surface area contributed by atoms with Crippen molar-refractivity contribution in [1.29, 1.82) is 0 Å². The molecule has 0 bridgehead atoms. The SMILES string of the molecule is Cl.O=C(C=Cc1ccccc1)OCCN1CCOCC1. The quantitative estimate of drug-likeness (QED) is 0.615. The van der Waals surface area contributed by atoms with Crippen molar-refractivity contribution in [2.45, 2.75) is 0 Å². The van der Waals surface area contributed by atoms with Crippen LogP contribution in [0, 0.1) is 0 Å². The molecule has 0 unspecified atom stereocenters. The van der Waals surface area contributed by atoms with Gasteiger partial charge in [0.1, 0.15) is 6.61 Å². The summed E-state index contributed by atoms with van der Waals surface area (Å²) < 4.78 is 10.4. The second kappa shape index (κ2) is 9.53. The summed E-state index contributed by atoms with van der Waals surface area (Å²) in [5.74, 6) is -0.294. The second-order valence-electron chi connectivity index (χ2n) is 4.37. The number of ether oxygens (including phenoxy) is 2. The fraction of sp³-hybridized carbons (Fsp3) is 0.400. The van der Waals surface area contributed by atoms with Gasteiger partial charge in [0.2, 0.25) is 0 Å². The summed E-state index contributed by atoms with van der Waals surface area (Å²) in [6, 6.07) is 9.69. The molecule has 1 aliphatic heterocycles. The van der Waals surface area contributed by atoms with Crippen molar-refractivity contribution < 1.29 is 14.3 Å². The summed E-state index contributed by atoms with van der Waals surface area (Å²) in [7, 11) is 0. The molecular formula is C15H20ClNO3. The van der Waals surface area contributed by atoms with Crippen LogP contribution >= 0.6 is 12.4 Å². The van der Waals surface area contributed by atoms with Gasteiger partial charge in [-0.3, -0.25) is 4.90 Å². The summed E-state index contributed by atoms with van der Waals surface area (Å²) in [5, 5.41) is 0. The summed E-state index contributed by atoms with van der Waals surface area (Å²) in [6.07, 6.45) is 3.23. The molecule has 0 N–H and O–H groups in total. The lowest BCUT2D eigenvalue weighted by molar-refractivity contribution is -0.138. The van der Waals surface area contributed by atoms with Crippen molar-refractivity contribution in [2.75, 3.05) is 39.5 Å². The van der Waals surface area contributed by atoms with Gasteiger partial charge in [-0.05, 0) is 11.6 Å². The van der Waals surface area contributed by atoms with Gasteiger partial charge in [-0.25, -0.2) is 4.79 Å². The molecule has 1 aromatic rings. The minimum Gasteiger partial charge on any atom is -0.461 e. The fourth-order valence-electron chi connectivity index (χ4n) is 1.88. The molecule has 20 heavy (non-hydrogen) atoms. The number of hydrogen-bond acceptors (Lipinski definition) is 4. The molecule has 1 fully saturated rings. The zero-order chi connectivity index (χ0) is 13.3. The van der Waals surface area contributed by atoms with Crippen molar-refractivity contribution in [2.24, 2.45) is 0 Å². The average Bonchev–Trinajstić information content (AvgIpc) is 2.47. The van der Waals surface area contributed by atoms with Gasteiger partial charge in [0.15, 0.2) is 0 Å². The Morgan fingerprint density at radius 1 is 1.25 bits per heavy atom. The standard InChI is InChI=1S/C15H19NO3.ClH/c17-15(7-6-14-4-2-1-3-5-14)19-13-10-16-8-11-18-12-9-16;/h1-7H,8-13H2;1H. The summed E-state index contributed by atoms with van der Waals surface area (Å²) in [4.78, 5) is 13.7. The number of halogens is 1. The largest absolute Gasteiger partial charge is 0.461 e. The van der Waals surface area contributed by atoms with E-state index in [1.807, 2.05) is 30.3 Å². The molecular weight excluding hydrogens is 278 g/mol. The van der Waals surface area contributed by atoms with Crippen LogP contribution in [0.5, 0.6) is 0 Å². The molecule has 0 spiro atoms. The molecule has 0 aromatic heterocycles. The number of nitrogens with zero attached hydrogens (tertiary/aromatic N) is 1. The highest BCUT2D eigenvalue weighted by Gasteiger charge is 2.10. The first-order valence-corrected chi connectivity index (χ1v) is 6.54. The van der Waals surface area contributed by atoms with Crippen molar-refractivity contribution in [1.82, 2.24) is 4.90 Å². The Labute approximate surface area is 125 Å². The maximum Gasteiger partial charge on any atom is 0.330 e. The van der Waals surface area contributed by atoms with Crippen LogP contribution in [0.2, 0.25) is 0 Å². The highest BCUT2D eigenvalue weighted by atomic mass is 35.5. The number of benzene rings is 1. The Balaban J connectivity index is 0.00000200. The van der Waals surface area contributed by atoms with Crippen LogP contribution in [-0.2, 0) is 14.3 Å². The maximum absolute atomic E-state index is 11.5. The number of carbonyl (C=O) groups is 1. The van der Waals surface area contributed by atoms with Crippen molar-refractivity contribution in [3.05, 3.63) is 42.0 Å². The van der Waals surface area contributed by atoms with E-state index in [0.29, 0.717) is 6.61 Å². The molecule has 0 aliphatic carbocycles. The highest BCUT2D eigenvalue weighted by Crippen LogP contribution is 2.01. The Morgan fingerprint density at radius 3 is 2.65 bits per heavy atom. The van der Waals surface area contributed by atoms with E-state index in [1.54, 1.807) is 6.08 Å². The van der Waals surface area contributed by atoms with Crippen molar-refractivity contribution in [3.8, 4) is 0 Å². The number of morpholine rings is 1. The van der Waals surface area contributed by atoms with Crippen LogP contribution in [0.1, 0.15) is 5.56 Å². The summed E-state index contributed by atoms with van der Waals surface area (Å²) >= 11 is 0. The smallest absolute Gasteiger partial charge is 0.330 e. The Morgan fingerprint density at radius 2 is 1.95 bits per heavy atom. The van der Waals surface area contributed by atoms with Gasteiger partial charge < -0.3 is 9.47 Å². The van der Waals surface area contributed by atoms with Gasteiger partial charge in [0, 0.05) is 25.7 Å². The molecule has 4 nitrogen and oxygen atoms in total. The third kappa shape index (κ3) is 6.19. The van der Waals surface area contributed by atoms with Crippen molar-refractivity contribution in [3.63, 3.8) is 0 Å². The zero-order valence-electron chi connectivity index (χ0n) is 11.4. The predicted octanol–water partition coefficient (Wildman–Crippen LogP) is 2.00. The molecule has 0 radical (unpaired) electrons. The van der Waals surface area contributed by atoms with E-state index in [9.17, 15) is 4.79 Å². The van der Waals surface area contributed by atoms with E-state index in [2.05, 4.69) is 4.90 Å². The van der Waals surface area contributed by atoms with Gasteiger partial charge in [0.25, 0.3) is 0 Å². The normalized spacial score (nSPS) is 15.8. The number of rotatable bonds is 5. The van der Waals surface area contributed by atoms with Gasteiger partial charge in [-0.2, -0.15) is 0 Å². The van der Waals surface area contributed by atoms with Gasteiger partial charge in [-0.1, -0.05) is 30.3 Å². The van der Waals surface area contributed by atoms with Crippen LogP contribution in [-0.4, -0.2) is 50.3 Å². The molecule has 110 valence electrons. The van der Waals surface area contributed by atoms with Crippen LogP contribution in [0.4, 0.5) is 0 Å². The number of carbonyl (C=O) groups excluding carboxylic acids is 1. The molecule has 1 aliphatic rings. The number of hydrogen-bond donors (Lipinski definition) is 0. The topological polar surface area (TPSA) is 38.8 Å². The van der Waals surface area contributed by atoms with E-state index in [4.69, 9.17) is 9.47 Å². The first-order chi connectivity index (χ1) is 9.34. The highest BCUT2D eigenvalue weighted by molar-refractivity contribution is 5.87. The Hall–Kier alpha value is -1.36. The van der Waals surface area contributed by atoms with E-state index >= 15 is 0 Å². The Bertz CT molecular complexity index is 416. The monoisotopic (exact) mass is 297 g/mol. The van der Waals surface area contributed by atoms with E-state index in [0.717, 1.165) is 38.4 Å². The number of esters is 1. The van der Waals surface area contributed by atoms with Gasteiger partial charge in [0.05, 0.1) is 13.2 Å². The Kier molecular flexibility index (Phi) is 7.95. The molecule has 5 heteroatoms. The van der Waals surface area contributed by atoms with Crippen LogP contribution in [0.3, 0.4) is 0 Å². The summed E-state index contributed by atoms with van der Waals surface area (Å²) in [5.41, 5.74) is 0.993. The van der Waals surface area contributed by atoms with E-state index < -0.39 is 0 Å². The molecule has 0 saturated carbocycles. The minimum atomic E-state index is -0.294. The maximum atomic E-state index is 11.5. The molecule has 1 heterocycles. The third-order valence-electron chi connectivity index (χ3n) is 2.97. The van der Waals surface area contributed by atoms with Gasteiger partial charge >= 0.3 is 5.97 Å². The van der Waals surface area contributed by atoms with E-state index in [-0.39, 0.29) is 18.4 Å². The fourth-order valence-corrected chi connectivity index (χ4v) is 1.88. The van der Waals surface area contributed by atoms with Crippen LogP contribution in [0.15, 0.2) is 36.4 Å². The molecule has 1 saturated heterocycles. The lowest BCUT2D eigenvalue weighted by Gasteiger charge is -2.25. The lowest BCUT2D eigenvalue weighted by Crippen LogP contribution is -2.38. The first kappa shape index (κ1) is 16.7. The zero-order valence-corrected chi connectivity index (χ0v) is 12.2. The second-order valence-corrected chi connectivity index (χ2v) is 4.37. The first-order valence-electron chi connectivity index (χ1n) is 6.54. The molecule has 2 rings (SSSR count).